The van der Waals surface area contributed by atoms with E-state index in [1.165, 1.54) is 5.56 Å². The van der Waals surface area contributed by atoms with Crippen LogP contribution < -0.4 is 5.32 Å². The lowest BCUT2D eigenvalue weighted by Crippen LogP contribution is -2.32. The van der Waals surface area contributed by atoms with E-state index in [0.29, 0.717) is 12.7 Å². The van der Waals surface area contributed by atoms with Crippen molar-refractivity contribution in [3.8, 4) is 0 Å². The van der Waals surface area contributed by atoms with Gasteiger partial charge in [0.05, 0.1) is 12.7 Å². The fourth-order valence-electron chi connectivity index (χ4n) is 1.84. The molecule has 15 heavy (non-hydrogen) atoms. The van der Waals surface area contributed by atoms with Crippen LogP contribution in [0.15, 0.2) is 18.3 Å². The van der Waals surface area contributed by atoms with Gasteiger partial charge >= 0.3 is 0 Å². The predicted octanol–water partition coefficient (Wildman–Crippen LogP) is 1.66. The van der Waals surface area contributed by atoms with Gasteiger partial charge in [-0.25, -0.2) is 0 Å². The third kappa shape index (κ3) is 3.01. The Hall–Kier alpha value is -0.930. The Kier molecular flexibility index (Phi) is 3.69. The topological polar surface area (TPSA) is 34.1 Å². The molecule has 0 aliphatic carbocycles. The molecule has 0 bridgehead atoms. The van der Waals surface area contributed by atoms with Crippen LogP contribution in [0.2, 0.25) is 0 Å². The van der Waals surface area contributed by atoms with Crippen LogP contribution in [0.3, 0.4) is 0 Å². The van der Waals surface area contributed by atoms with E-state index in [2.05, 4.69) is 16.4 Å². The number of aromatic nitrogens is 1. The average molecular weight is 206 g/mol. The SMILES string of the molecule is Cc1ncccc1COC1CCNCC1. The molecule has 1 fully saturated rings. The number of aryl methyl sites for hydroxylation is 1. The second-order valence-corrected chi connectivity index (χ2v) is 4.01. The Morgan fingerprint density at radius 3 is 3.00 bits per heavy atom. The summed E-state index contributed by atoms with van der Waals surface area (Å²) < 4.78 is 5.87. The summed E-state index contributed by atoms with van der Waals surface area (Å²) in [6.45, 7) is 4.89. The van der Waals surface area contributed by atoms with Crippen LogP contribution in [-0.4, -0.2) is 24.2 Å². The number of nitrogens with one attached hydrogen (secondary N) is 1. The third-order valence-corrected chi connectivity index (χ3v) is 2.88. The van der Waals surface area contributed by atoms with Gasteiger partial charge in [-0.2, -0.15) is 0 Å². The highest BCUT2D eigenvalue weighted by Gasteiger charge is 2.13. The highest BCUT2D eigenvalue weighted by molar-refractivity contribution is 5.16. The van der Waals surface area contributed by atoms with Crippen LogP contribution in [0.1, 0.15) is 24.1 Å². The van der Waals surface area contributed by atoms with Crippen molar-refractivity contribution < 1.29 is 4.74 Å². The van der Waals surface area contributed by atoms with Crippen LogP contribution in [0, 0.1) is 6.92 Å². The molecule has 1 aromatic heterocycles. The van der Waals surface area contributed by atoms with Crippen LogP contribution in [0.25, 0.3) is 0 Å². The molecular weight excluding hydrogens is 188 g/mol. The maximum Gasteiger partial charge on any atom is 0.0738 e. The summed E-state index contributed by atoms with van der Waals surface area (Å²) in [5.41, 5.74) is 2.28. The molecule has 0 amide bonds. The summed E-state index contributed by atoms with van der Waals surface area (Å²) in [5, 5.41) is 3.33. The van der Waals surface area contributed by atoms with Gasteiger partial charge in [-0.15, -0.1) is 0 Å². The van der Waals surface area contributed by atoms with E-state index < -0.39 is 0 Å². The molecule has 0 atom stereocenters. The number of nitrogens with zero attached hydrogens (tertiary/aromatic N) is 1. The molecule has 1 N–H and O–H groups in total. The number of hydrogen-bond acceptors (Lipinski definition) is 3. The number of rotatable bonds is 3. The van der Waals surface area contributed by atoms with Crippen LogP contribution in [0.4, 0.5) is 0 Å². The van der Waals surface area contributed by atoms with Crippen molar-refractivity contribution >= 4 is 0 Å². The average Bonchev–Trinajstić information content (AvgIpc) is 2.29. The Morgan fingerprint density at radius 1 is 1.47 bits per heavy atom. The molecule has 0 saturated carbocycles. The van der Waals surface area contributed by atoms with Gasteiger partial charge in [-0.3, -0.25) is 4.98 Å². The summed E-state index contributed by atoms with van der Waals surface area (Å²) in [5.74, 6) is 0. The van der Waals surface area contributed by atoms with Crippen molar-refractivity contribution in [1.82, 2.24) is 10.3 Å². The first-order chi connectivity index (χ1) is 7.36. The normalized spacial score (nSPS) is 17.9. The first-order valence-corrected chi connectivity index (χ1v) is 5.59. The summed E-state index contributed by atoms with van der Waals surface area (Å²) >= 11 is 0. The molecule has 1 aliphatic heterocycles. The maximum atomic E-state index is 5.87. The van der Waals surface area contributed by atoms with Crippen molar-refractivity contribution in [3.05, 3.63) is 29.6 Å². The lowest BCUT2D eigenvalue weighted by atomic mass is 10.1. The zero-order valence-corrected chi connectivity index (χ0v) is 9.20. The highest BCUT2D eigenvalue weighted by Crippen LogP contribution is 2.12. The summed E-state index contributed by atoms with van der Waals surface area (Å²) in [7, 11) is 0. The van der Waals surface area contributed by atoms with Gasteiger partial charge < -0.3 is 10.1 Å². The van der Waals surface area contributed by atoms with E-state index in [0.717, 1.165) is 31.6 Å². The second kappa shape index (κ2) is 5.24. The quantitative estimate of drug-likeness (QED) is 0.816. The van der Waals surface area contributed by atoms with E-state index in [1.54, 1.807) is 0 Å². The van der Waals surface area contributed by atoms with E-state index in [9.17, 15) is 0 Å². The minimum Gasteiger partial charge on any atom is -0.373 e. The van der Waals surface area contributed by atoms with Gasteiger partial charge in [0, 0.05) is 11.9 Å². The summed E-state index contributed by atoms with van der Waals surface area (Å²) in [6.07, 6.45) is 4.49. The Balaban J connectivity index is 1.84. The van der Waals surface area contributed by atoms with Crippen molar-refractivity contribution in [3.63, 3.8) is 0 Å². The molecule has 1 aromatic rings. The summed E-state index contributed by atoms with van der Waals surface area (Å²) in [4.78, 5) is 4.25. The summed E-state index contributed by atoms with van der Waals surface area (Å²) in [6, 6.07) is 4.05. The maximum absolute atomic E-state index is 5.87. The van der Waals surface area contributed by atoms with Gasteiger partial charge in [-0.05, 0) is 44.5 Å². The Labute approximate surface area is 90.9 Å². The monoisotopic (exact) mass is 206 g/mol. The van der Waals surface area contributed by atoms with E-state index in [1.807, 2.05) is 19.2 Å². The molecule has 82 valence electrons. The predicted molar refractivity (Wildman–Crippen MR) is 59.7 cm³/mol. The van der Waals surface area contributed by atoms with Gasteiger partial charge in [0.2, 0.25) is 0 Å². The number of pyridine rings is 1. The first-order valence-electron chi connectivity index (χ1n) is 5.59. The molecule has 2 rings (SSSR count). The van der Waals surface area contributed by atoms with Crippen LogP contribution in [-0.2, 0) is 11.3 Å². The van der Waals surface area contributed by atoms with E-state index in [4.69, 9.17) is 4.74 Å². The minimum absolute atomic E-state index is 0.422. The van der Waals surface area contributed by atoms with E-state index in [-0.39, 0.29) is 0 Å². The number of hydrogen-bond donors (Lipinski definition) is 1. The van der Waals surface area contributed by atoms with Crippen molar-refractivity contribution in [2.45, 2.75) is 32.5 Å². The van der Waals surface area contributed by atoms with Crippen molar-refractivity contribution in [1.29, 1.82) is 0 Å². The van der Waals surface area contributed by atoms with Crippen LogP contribution in [0.5, 0.6) is 0 Å². The van der Waals surface area contributed by atoms with Crippen molar-refractivity contribution in [2.75, 3.05) is 13.1 Å². The highest BCUT2D eigenvalue weighted by atomic mass is 16.5. The molecule has 1 aliphatic rings. The van der Waals surface area contributed by atoms with Gasteiger partial charge in [0.15, 0.2) is 0 Å². The molecule has 0 spiro atoms. The largest absolute Gasteiger partial charge is 0.373 e. The smallest absolute Gasteiger partial charge is 0.0738 e. The van der Waals surface area contributed by atoms with E-state index >= 15 is 0 Å². The fraction of sp³-hybridized carbons (Fsp3) is 0.583. The van der Waals surface area contributed by atoms with Gasteiger partial charge in [0.1, 0.15) is 0 Å². The number of ether oxygens (including phenoxy) is 1. The molecule has 0 radical (unpaired) electrons. The molecule has 1 saturated heterocycles. The molecular formula is C12H18N2O. The Bertz CT molecular complexity index is 308. The molecule has 0 unspecified atom stereocenters. The fourth-order valence-corrected chi connectivity index (χ4v) is 1.84. The lowest BCUT2D eigenvalue weighted by molar-refractivity contribution is 0.0208. The minimum atomic E-state index is 0.422. The van der Waals surface area contributed by atoms with Crippen molar-refractivity contribution in [2.24, 2.45) is 0 Å². The van der Waals surface area contributed by atoms with Crippen LogP contribution >= 0.6 is 0 Å². The third-order valence-electron chi connectivity index (χ3n) is 2.88. The van der Waals surface area contributed by atoms with Gasteiger partial charge in [-0.1, -0.05) is 6.07 Å². The zero-order valence-electron chi connectivity index (χ0n) is 9.20. The molecule has 2 heterocycles. The zero-order chi connectivity index (χ0) is 10.5. The molecule has 3 nitrogen and oxygen atoms in total. The first kappa shape index (κ1) is 10.6. The molecule has 3 heteroatoms. The second-order valence-electron chi connectivity index (χ2n) is 4.01. The lowest BCUT2D eigenvalue weighted by Gasteiger charge is -2.23. The van der Waals surface area contributed by atoms with Gasteiger partial charge in [0.25, 0.3) is 0 Å². The molecule has 0 aromatic carbocycles. The number of piperidine rings is 1. The standard InChI is InChI=1S/C12H18N2O/c1-10-11(3-2-6-14-10)9-15-12-4-7-13-8-5-12/h2-3,6,12-13H,4-5,7-9H2,1H3. The Morgan fingerprint density at radius 2 is 2.27 bits per heavy atom.